The second-order valence-corrected chi connectivity index (χ2v) is 6.33. The summed E-state index contributed by atoms with van der Waals surface area (Å²) in [5, 5.41) is 3.64. The molecule has 1 aromatic carbocycles. The van der Waals surface area contributed by atoms with Crippen molar-refractivity contribution in [2.24, 2.45) is 0 Å². The largest absolute Gasteiger partial charge is 0.377 e. The molecule has 1 heterocycles. The van der Waals surface area contributed by atoms with Crippen LogP contribution in [0, 0.1) is 13.8 Å². The van der Waals surface area contributed by atoms with E-state index in [0.717, 1.165) is 26.2 Å². The van der Waals surface area contributed by atoms with Gasteiger partial charge in [0.2, 0.25) is 0 Å². The van der Waals surface area contributed by atoms with E-state index >= 15 is 0 Å². The molecular formula is C18H30N2O. The average Bonchev–Trinajstić information content (AvgIpc) is 2.94. The Balaban J connectivity index is 2.01. The fourth-order valence-electron chi connectivity index (χ4n) is 3.18. The quantitative estimate of drug-likeness (QED) is 0.835. The van der Waals surface area contributed by atoms with E-state index in [1.165, 1.54) is 29.5 Å². The second kappa shape index (κ2) is 7.92. The van der Waals surface area contributed by atoms with Crippen LogP contribution in [0.3, 0.4) is 0 Å². The van der Waals surface area contributed by atoms with Crippen molar-refractivity contribution >= 4 is 0 Å². The summed E-state index contributed by atoms with van der Waals surface area (Å²) >= 11 is 0. The second-order valence-electron chi connectivity index (χ2n) is 6.33. The SMILES string of the molecule is CCNC(CN(C)CC1CCCO1)c1cc(C)ccc1C. The molecule has 1 fully saturated rings. The van der Waals surface area contributed by atoms with Gasteiger partial charge in [-0.2, -0.15) is 0 Å². The molecule has 21 heavy (non-hydrogen) atoms. The Hall–Kier alpha value is -0.900. The molecule has 2 rings (SSSR count). The summed E-state index contributed by atoms with van der Waals surface area (Å²) < 4.78 is 5.75. The van der Waals surface area contributed by atoms with Crippen molar-refractivity contribution in [3.05, 3.63) is 34.9 Å². The first kappa shape index (κ1) is 16.5. The van der Waals surface area contributed by atoms with Crippen LogP contribution in [-0.4, -0.2) is 44.3 Å². The Bertz CT molecular complexity index is 441. The molecule has 2 atom stereocenters. The molecule has 0 radical (unpaired) electrons. The maximum absolute atomic E-state index is 5.75. The van der Waals surface area contributed by atoms with E-state index in [0.29, 0.717) is 12.1 Å². The Morgan fingerprint density at radius 2 is 2.19 bits per heavy atom. The summed E-state index contributed by atoms with van der Waals surface area (Å²) in [5.41, 5.74) is 4.13. The minimum atomic E-state index is 0.390. The van der Waals surface area contributed by atoms with Crippen LogP contribution in [-0.2, 0) is 4.74 Å². The number of aryl methyl sites for hydroxylation is 2. The smallest absolute Gasteiger partial charge is 0.0702 e. The maximum Gasteiger partial charge on any atom is 0.0702 e. The third-order valence-electron chi connectivity index (χ3n) is 4.29. The highest BCUT2D eigenvalue weighted by Crippen LogP contribution is 2.21. The first-order valence-corrected chi connectivity index (χ1v) is 8.20. The van der Waals surface area contributed by atoms with Crippen molar-refractivity contribution in [2.75, 3.05) is 33.3 Å². The predicted octanol–water partition coefficient (Wildman–Crippen LogP) is 3.06. The highest BCUT2D eigenvalue weighted by molar-refractivity contribution is 5.33. The first-order chi connectivity index (χ1) is 10.1. The van der Waals surface area contributed by atoms with Crippen LogP contribution in [0.1, 0.15) is 42.5 Å². The lowest BCUT2D eigenvalue weighted by Crippen LogP contribution is -2.37. The number of nitrogens with zero attached hydrogens (tertiary/aromatic N) is 1. The van der Waals surface area contributed by atoms with E-state index in [9.17, 15) is 0 Å². The van der Waals surface area contributed by atoms with E-state index < -0.39 is 0 Å². The van der Waals surface area contributed by atoms with Crippen LogP contribution in [0.4, 0.5) is 0 Å². The van der Waals surface area contributed by atoms with Crippen LogP contribution in [0.2, 0.25) is 0 Å². The van der Waals surface area contributed by atoms with Gasteiger partial charge in [-0.1, -0.05) is 30.7 Å². The van der Waals surface area contributed by atoms with E-state index in [1.54, 1.807) is 0 Å². The molecule has 0 bridgehead atoms. The molecule has 1 aliphatic heterocycles. The fourth-order valence-corrected chi connectivity index (χ4v) is 3.18. The highest BCUT2D eigenvalue weighted by atomic mass is 16.5. The minimum absolute atomic E-state index is 0.390. The van der Waals surface area contributed by atoms with Crippen LogP contribution >= 0.6 is 0 Å². The van der Waals surface area contributed by atoms with E-state index in [4.69, 9.17) is 4.74 Å². The molecule has 1 aromatic rings. The third kappa shape index (κ3) is 4.80. The fraction of sp³-hybridized carbons (Fsp3) is 0.667. The average molecular weight is 290 g/mol. The molecular weight excluding hydrogens is 260 g/mol. The molecule has 3 heteroatoms. The number of hydrogen-bond donors (Lipinski definition) is 1. The monoisotopic (exact) mass is 290 g/mol. The molecule has 2 unspecified atom stereocenters. The van der Waals surface area contributed by atoms with Gasteiger partial charge >= 0.3 is 0 Å². The lowest BCUT2D eigenvalue weighted by molar-refractivity contribution is 0.0784. The normalized spacial score (nSPS) is 20.1. The summed E-state index contributed by atoms with van der Waals surface area (Å²) in [6, 6.07) is 7.14. The lowest BCUT2D eigenvalue weighted by atomic mass is 9.98. The Morgan fingerprint density at radius 3 is 2.86 bits per heavy atom. The van der Waals surface area contributed by atoms with E-state index in [-0.39, 0.29) is 0 Å². The van der Waals surface area contributed by atoms with Crippen molar-refractivity contribution in [3.63, 3.8) is 0 Å². The summed E-state index contributed by atoms with van der Waals surface area (Å²) in [7, 11) is 2.21. The zero-order valence-corrected chi connectivity index (χ0v) is 14.0. The number of likely N-dealkylation sites (N-methyl/N-ethyl adjacent to an activating group) is 2. The molecule has 0 amide bonds. The van der Waals surface area contributed by atoms with Gasteiger partial charge in [-0.3, -0.25) is 0 Å². The van der Waals surface area contributed by atoms with E-state index in [2.05, 4.69) is 56.2 Å². The topological polar surface area (TPSA) is 24.5 Å². The zero-order valence-electron chi connectivity index (χ0n) is 14.0. The highest BCUT2D eigenvalue weighted by Gasteiger charge is 2.20. The lowest BCUT2D eigenvalue weighted by Gasteiger charge is -2.28. The van der Waals surface area contributed by atoms with Crippen LogP contribution < -0.4 is 5.32 Å². The number of ether oxygens (including phenoxy) is 1. The maximum atomic E-state index is 5.75. The van der Waals surface area contributed by atoms with Crippen LogP contribution in [0.15, 0.2) is 18.2 Å². The van der Waals surface area contributed by atoms with Crippen molar-refractivity contribution in [3.8, 4) is 0 Å². The van der Waals surface area contributed by atoms with Crippen LogP contribution in [0.25, 0.3) is 0 Å². The standard InChI is InChI=1S/C18H30N2O/c1-5-19-18(17-11-14(2)8-9-15(17)3)13-20(4)12-16-7-6-10-21-16/h8-9,11,16,18-19H,5-7,10,12-13H2,1-4H3. The molecule has 1 saturated heterocycles. The summed E-state index contributed by atoms with van der Waals surface area (Å²) in [4.78, 5) is 2.41. The summed E-state index contributed by atoms with van der Waals surface area (Å²) in [5.74, 6) is 0. The zero-order chi connectivity index (χ0) is 15.2. The van der Waals surface area contributed by atoms with Gasteiger partial charge in [-0.25, -0.2) is 0 Å². The molecule has 3 nitrogen and oxygen atoms in total. The van der Waals surface area contributed by atoms with Gasteiger partial charge in [0, 0.05) is 25.7 Å². The van der Waals surface area contributed by atoms with Gasteiger partial charge in [-0.05, 0) is 51.4 Å². The number of rotatable bonds is 7. The summed E-state index contributed by atoms with van der Waals surface area (Å²) in [6.07, 6.45) is 2.85. The molecule has 1 aliphatic rings. The van der Waals surface area contributed by atoms with Gasteiger partial charge in [0.05, 0.1) is 6.10 Å². The molecule has 118 valence electrons. The van der Waals surface area contributed by atoms with Crippen molar-refractivity contribution in [2.45, 2.75) is 45.8 Å². The van der Waals surface area contributed by atoms with Crippen molar-refractivity contribution in [1.29, 1.82) is 0 Å². The van der Waals surface area contributed by atoms with Gasteiger partial charge in [0.15, 0.2) is 0 Å². The van der Waals surface area contributed by atoms with Gasteiger partial charge in [-0.15, -0.1) is 0 Å². The molecule has 0 spiro atoms. The van der Waals surface area contributed by atoms with Crippen molar-refractivity contribution in [1.82, 2.24) is 10.2 Å². The number of hydrogen-bond acceptors (Lipinski definition) is 3. The summed E-state index contributed by atoms with van der Waals surface area (Å²) in [6.45, 7) is 10.5. The van der Waals surface area contributed by atoms with Gasteiger partial charge in [0.25, 0.3) is 0 Å². The number of nitrogens with one attached hydrogen (secondary N) is 1. The molecule has 1 N–H and O–H groups in total. The Morgan fingerprint density at radius 1 is 1.38 bits per heavy atom. The first-order valence-electron chi connectivity index (χ1n) is 8.20. The Kier molecular flexibility index (Phi) is 6.22. The molecule has 0 aromatic heterocycles. The van der Waals surface area contributed by atoms with Gasteiger partial charge in [0.1, 0.15) is 0 Å². The molecule has 0 saturated carbocycles. The minimum Gasteiger partial charge on any atom is -0.377 e. The number of benzene rings is 1. The van der Waals surface area contributed by atoms with Crippen LogP contribution in [0.5, 0.6) is 0 Å². The van der Waals surface area contributed by atoms with Crippen molar-refractivity contribution < 1.29 is 4.74 Å². The Labute approximate surface area is 129 Å². The van der Waals surface area contributed by atoms with E-state index in [1.807, 2.05) is 0 Å². The van der Waals surface area contributed by atoms with Gasteiger partial charge < -0.3 is 15.0 Å². The molecule has 0 aliphatic carbocycles. The predicted molar refractivity (Wildman–Crippen MR) is 88.8 cm³/mol. The third-order valence-corrected chi connectivity index (χ3v) is 4.29.